The van der Waals surface area contributed by atoms with Crippen LogP contribution >= 0.6 is 11.6 Å². The number of aryl methyl sites for hydroxylation is 4. The molecule has 9 nitrogen and oxygen atoms in total. The van der Waals surface area contributed by atoms with E-state index in [-0.39, 0.29) is 19.0 Å². The number of ether oxygens (including phenoxy) is 4. The average Bonchev–Trinajstić information content (AvgIpc) is 3.38. The van der Waals surface area contributed by atoms with Gasteiger partial charge < -0.3 is 23.5 Å². The summed E-state index contributed by atoms with van der Waals surface area (Å²) in [7, 11) is 7.97. The number of aromatic nitrogens is 3. The van der Waals surface area contributed by atoms with E-state index in [9.17, 15) is 9.59 Å². The predicted octanol–water partition coefficient (Wildman–Crippen LogP) is 5.16. The summed E-state index contributed by atoms with van der Waals surface area (Å²) in [6, 6.07) is 11.4. The molecule has 0 N–H and O–H groups in total. The van der Waals surface area contributed by atoms with Crippen LogP contribution in [-0.4, -0.2) is 47.6 Å². The molecule has 4 rings (SSSR count). The Kier molecular flexibility index (Phi) is 8.62. The van der Waals surface area contributed by atoms with Crippen molar-refractivity contribution in [3.05, 3.63) is 69.6 Å². The number of esters is 2. The van der Waals surface area contributed by atoms with E-state index in [0.717, 1.165) is 44.7 Å². The maximum Gasteiger partial charge on any atom is 0.354 e. The lowest BCUT2D eigenvalue weighted by atomic mass is 9.98. The normalized spacial score (nSPS) is 11.2. The minimum absolute atomic E-state index is 0.119. The quantitative estimate of drug-likeness (QED) is 0.250. The van der Waals surface area contributed by atoms with Crippen molar-refractivity contribution >= 4 is 34.4 Å². The first-order valence-electron chi connectivity index (χ1n) is 12.4. The molecule has 2 aromatic carbocycles. The summed E-state index contributed by atoms with van der Waals surface area (Å²) in [5.74, 6) is -0.0797. The van der Waals surface area contributed by atoms with Gasteiger partial charge in [0.15, 0.2) is 0 Å². The Hall–Kier alpha value is -3.82. The van der Waals surface area contributed by atoms with Crippen molar-refractivity contribution in [2.75, 3.05) is 21.3 Å². The lowest BCUT2D eigenvalue weighted by Gasteiger charge is -2.13. The first-order valence-corrected chi connectivity index (χ1v) is 12.8. The zero-order valence-corrected chi connectivity index (χ0v) is 23.7. The van der Waals surface area contributed by atoms with Gasteiger partial charge in [-0.2, -0.15) is 5.10 Å². The van der Waals surface area contributed by atoms with Gasteiger partial charge in [0.05, 0.1) is 56.5 Å². The van der Waals surface area contributed by atoms with Gasteiger partial charge in [0.25, 0.3) is 0 Å². The maximum absolute atomic E-state index is 12.9. The monoisotopic (exact) mass is 553 g/mol. The predicted molar refractivity (Wildman–Crippen MR) is 148 cm³/mol. The van der Waals surface area contributed by atoms with E-state index in [0.29, 0.717) is 29.3 Å². The molecule has 0 fully saturated rings. The molecule has 0 atom stereocenters. The Labute approximate surface area is 232 Å². The van der Waals surface area contributed by atoms with E-state index >= 15 is 0 Å². The van der Waals surface area contributed by atoms with Crippen molar-refractivity contribution in [2.45, 2.75) is 33.0 Å². The number of nitrogens with zero attached hydrogens (tertiary/aromatic N) is 3. The van der Waals surface area contributed by atoms with Crippen LogP contribution in [0.5, 0.6) is 5.75 Å². The molecule has 0 bridgehead atoms. The fourth-order valence-corrected chi connectivity index (χ4v) is 5.21. The van der Waals surface area contributed by atoms with Gasteiger partial charge >= 0.3 is 11.9 Å². The van der Waals surface area contributed by atoms with Gasteiger partial charge in [-0.1, -0.05) is 29.8 Å². The van der Waals surface area contributed by atoms with Crippen LogP contribution in [0.4, 0.5) is 0 Å². The van der Waals surface area contributed by atoms with Crippen LogP contribution in [0.15, 0.2) is 36.4 Å². The van der Waals surface area contributed by atoms with E-state index in [1.54, 1.807) is 29.5 Å². The van der Waals surface area contributed by atoms with E-state index in [1.165, 1.54) is 14.2 Å². The van der Waals surface area contributed by atoms with Crippen LogP contribution in [0.1, 0.15) is 39.4 Å². The molecule has 0 radical (unpaired) electrons. The number of hydrogen-bond acceptors (Lipinski definition) is 7. The molecule has 0 aliphatic rings. The zero-order valence-electron chi connectivity index (χ0n) is 23.0. The Morgan fingerprint density at radius 2 is 1.67 bits per heavy atom. The number of carbonyl (C=O) groups is 2. The highest BCUT2D eigenvalue weighted by molar-refractivity contribution is 6.35. The van der Waals surface area contributed by atoms with E-state index < -0.39 is 5.97 Å². The zero-order chi connectivity index (χ0) is 28.3. The average molecular weight is 554 g/mol. The summed E-state index contributed by atoms with van der Waals surface area (Å²) in [6.45, 7) is 2.61. The standard InChI is InChI=1S/C29H32ClN3O6/c1-17-25(23(33(3)31-17)16-39-15-18-7-9-19(36-4)10-8-18)26-22(30)13-11-20-21(12-14-24(34)37-5)28(29(35)38-6)32(2)27(20)26/h7-11,13H,12,14-16H2,1-6H3. The summed E-state index contributed by atoms with van der Waals surface area (Å²) in [6.07, 6.45) is 0.424. The Morgan fingerprint density at radius 1 is 0.949 bits per heavy atom. The molecule has 0 aliphatic heterocycles. The van der Waals surface area contributed by atoms with Crippen LogP contribution in [-0.2, 0) is 52.7 Å². The van der Waals surface area contributed by atoms with Gasteiger partial charge in [-0.3, -0.25) is 9.48 Å². The number of methoxy groups -OCH3 is 3. The third kappa shape index (κ3) is 5.51. The second-order valence-electron chi connectivity index (χ2n) is 9.14. The number of benzene rings is 2. The summed E-state index contributed by atoms with van der Waals surface area (Å²) in [4.78, 5) is 24.8. The van der Waals surface area contributed by atoms with Crippen LogP contribution in [0.25, 0.3) is 22.0 Å². The highest BCUT2D eigenvalue weighted by Gasteiger charge is 2.28. The number of carbonyl (C=O) groups excluding carboxylic acids is 2. The molecule has 0 unspecified atom stereocenters. The topological polar surface area (TPSA) is 93.8 Å². The highest BCUT2D eigenvalue weighted by atomic mass is 35.5. The molecule has 2 heterocycles. The number of hydrogen-bond donors (Lipinski definition) is 0. The van der Waals surface area contributed by atoms with Crippen molar-refractivity contribution in [1.29, 1.82) is 0 Å². The first-order chi connectivity index (χ1) is 18.7. The molecule has 2 aromatic heterocycles. The van der Waals surface area contributed by atoms with Crippen LogP contribution in [0.2, 0.25) is 5.02 Å². The number of rotatable bonds is 10. The van der Waals surface area contributed by atoms with Gasteiger partial charge in [-0.25, -0.2) is 4.79 Å². The Balaban J connectivity index is 1.80. The molecule has 0 saturated heterocycles. The van der Waals surface area contributed by atoms with Crippen LogP contribution in [0.3, 0.4) is 0 Å². The van der Waals surface area contributed by atoms with Crippen molar-refractivity contribution in [2.24, 2.45) is 14.1 Å². The fraction of sp³-hybridized carbons (Fsp3) is 0.345. The second-order valence-corrected chi connectivity index (χ2v) is 9.55. The van der Waals surface area contributed by atoms with Crippen molar-refractivity contribution in [3.8, 4) is 16.9 Å². The SMILES string of the molecule is COC(=O)CCc1c(C(=O)OC)n(C)c2c(-c3c(C)nn(C)c3COCc3ccc(OC)cc3)c(Cl)ccc12. The number of halogens is 1. The Morgan fingerprint density at radius 3 is 2.31 bits per heavy atom. The molecule has 0 saturated carbocycles. The lowest BCUT2D eigenvalue weighted by molar-refractivity contribution is -0.140. The lowest BCUT2D eigenvalue weighted by Crippen LogP contribution is -2.11. The smallest absolute Gasteiger partial charge is 0.354 e. The molecule has 0 amide bonds. The molecular weight excluding hydrogens is 522 g/mol. The summed E-state index contributed by atoms with van der Waals surface area (Å²) >= 11 is 6.85. The van der Waals surface area contributed by atoms with Gasteiger partial charge in [-0.05, 0) is 42.7 Å². The van der Waals surface area contributed by atoms with Gasteiger partial charge in [0, 0.05) is 37.0 Å². The minimum atomic E-state index is -0.499. The van der Waals surface area contributed by atoms with E-state index in [1.807, 2.05) is 44.3 Å². The molecular formula is C29H32ClN3O6. The van der Waals surface area contributed by atoms with Crippen LogP contribution < -0.4 is 4.74 Å². The van der Waals surface area contributed by atoms with Gasteiger partial charge in [0.1, 0.15) is 11.4 Å². The molecule has 10 heteroatoms. The highest BCUT2D eigenvalue weighted by Crippen LogP contribution is 2.42. The molecule has 0 spiro atoms. The Bertz CT molecular complexity index is 1520. The summed E-state index contributed by atoms with van der Waals surface area (Å²) < 4.78 is 24.8. The summed E-state index contributed by atoms with van der Waals surface area (Å²) in [5, 5.41) is 5.97. The van der Waals surface area contributed by atoms with Crippen molar-refractivity contribution < 1.29 is 28.5 Å². The van der Waals surface area contributed by atoms with Crippen LogP contribution in [0, 0.1) is 6.92 Å². The minimum Gasteiger partial charge on any atom is -0.497 e. The first kappa shape index (κ1) is 28.2. The third-order valence-electron chi connectivity index (χ3n) is 6.85. The van der Waals surface area contributed by atoms with Gasteiger partial charge in [-0.15, -0.1) is 0 Å². The van der Waals surface area contributed by atoms with E-state index in [4.69, 9.17) is 30.5 Å². The third-order valence-corrected chi connectivity index (χ3v) is 7.17. The molecule has 206 valence electrons. The maximum atomic E-state index is 12.9. The largest absolute Gasteiger partial charge is 0.497 e. The number of fused-ring (bicyclic) bond motifs is 1. The second kappa shape index (κ2) is 11.9. The van der Waals surface area contributed by atoms with Crippen molar-refractivity contribution in [3.63, 3.8) is 0 Å². The van der Waals surface area contributed by atoms with E-state index in [2.05, 4.69) is 5.10 Å². The molecule has 0 aliphatic carbocycles. The molecule has 39 heavy (non-hydrogen) atoms. The fourth-order valence-electron chi connectivity index (χ4n) is 4.96. The van der Waals surface area contributed by atoms with Gasteiger partial charge in [0.2, 0.25) is 0 Å². The van der Waals surface area contributed by atoms with Crippen molar-refractivity contribution in [1.82, 2.24) is 14.3 Å². The molecule has 4 aromatic rings. The summed E-state index contributed by atoms with van der Waals surface area (Å²) in [5.41, 5.74) is 5.99.